The van der Waals surface area contributed by atoms with Crippen molar-refractivity contribution in [2.75, 3.05) is 37.2 Å². The molecule has 1 aromatic carbocycles. The van der Waals surface area contributed by atoms with Gasteiger partial charge in [-0.15, -0.1) is 0 Å². The number of anilines is 2. The number of nitrogens with zero attached hydrogens (tertiary/aromatic N) is 3. The summed E-state index contributed by atoms with van der Waals surface area (Å²) in [7, 11) is 0. The number of hydrogen-bond donors (Lipinski definition) is 2. The fraction of sp³-hybridized carbons (Fsp3) is 0.467. The molecule has 0 saturated carbocycles. The highest BCUT2D eigenvalue weighted by Gasteiger charge is 2.21. The highest BCUT2D eigenvalue weighted by atomic mass is 15.1. The van der Waals surface area contributed by atoms with Crippen LogP contribution in [-0.2, 0) is 0 Å². The zero-order valence-electron chi connectivity index (χ0n) is 11.8. The van der Waals surface area contributed by atoms with Crippen LogP contribution < -0.4 is 11.1 Å². The number of nitrogen functional groups attached to an aromatic ring is 1. The van der Waals surface area contributed by atoms with Gasteiger partial charge in [0, 0.05) is 24.2 Å². The number of rotatable bonds is 4. The topological polar surface area (TPSA) is 67.1 Å². The van der Waals surface area contributed by atoms with Crippen molar-refractivity contribution in [3.8, 4) is 0 Å². The predicted molar refractivity (Wildman–Crippen MR) is 82.7 cm³/mol. The molecule has 0 amide bonds. The van der Waals surface area contributed by atoms with Crippen molar-refractivity contribution in [3.63, 3.8) is 0 Å². The Balaban J connectivity index is 1.73. The molecule has 5 nitrogen and oxygen atoms in total. The minimum Gasteiger partial charge on any atom is -0.399 e. The number of nitrogens with two attached hydrogens (primary N) is 1. The lowest BCUT2D eigenvalue weighted by molar-refractivity contribution is 0.345. The minimum absolute atomic E-state index is 0.695. The second kappa shape index (κ2) is 5.63. The first-order chi connectivity index (χ1) is 9.76. The van der Waals surface area contributed by atoms with E-state index in [4.69, 9.17) is 5.73 Å². The fourth-order valence-electron chi connectivity index (χ4n) is 2.82. The van der Waals surface area contributed by atoms with E-state index in [1.54, 1.807) is 6.33 Å². The normalized spacial score (nSPS) is 19.6. The molecule has 0 bridgehead atoms. The largest absolute Gasteiger partial charge is 0.399 e. The van der Waals surface area contributed by atoms with Crippen molar-refractivity contribution in [3.05, 3.63) is 24.5 Å². The molecular formula is C15H21N5. The minimum atomic E-state index is 0.695. The van der Waals surface area contributed by atoms with Gasteiger partial charge >= 0.3 is 0 Å². The zero-order chi connectivity index (χ0) is 13.9. The molecule has 3 N–H and O–H groups in total. The van der Waals surface area contributed by atoms with Gasteiger partial charge < -0.3 is 16.0 Å². The number of fused-ring (bicyclic) bond motifs is 1. The molecule has 1 saturated heterocycles. The van der Waals surface area contributed by atoms with E-state index in [9.17, 15) is 0 Å². The van der Waals surface area contributed by atoms with Crippen molar-refractivity contribution in [2.24, 2.45) is 5.92 Å². The molecule has 2 heterocycles. The summed E-state index contributed by atoms with van der Waals surface area (Å²) in [6.45, 7) is 6.70. The van der Waals surface area contributed by atoms with E-state index in [0.29, 0.717) is 5.92 Å². The number of hydrogen-bond acceptors (Lipinski definition) is 5. The summed E-state index contributed by atoms with van der Waals surface area (Å²) in [4.78, 5) is 11.1. The third-order valence-electron chi connectivity index (χ3n) is 4.03. The van der Waals surface area contributed by atoms with Crippen LogP contribution in [0.4, 0.5) is 11.5 Å². The molecule has 0 aliphatic carbocycles. The summed E-state index contributed by atoms with van der Waals surface area (Å²) in [5, 5.41) is 4.47. The van der Waals surface area contributed by atoms with Gasteiger partial charge in [0.1, 0.15) is 12.1 Å². The van der Waals surface area contributed by atoms with E-state index in [2.05, 4.69) is 27.1 Å². The standard InChI is InChI=1S/C15H21N5/c1-2-20-6-5-11(9-20)8-17-15-13-7-12(16)3-4-14(13)18-10-19-15/h3-4,7,10-11H,2,5-6,8-9,16H2,1H3,(H,17,18,19). The number of benzene rings is 1. The highest BCUT2D eigenvalue weighted by Crippen LogP contribution is 2.23. The zero-order valence-corrected chi connectivity index (χ0v) is 11.8. The first-order valence-corrected chi connectivity index (χ1v) is 7.22. The van der Waals surface area contributed by atoms with E-state index >= 15 is 0 Å². The van der Waals surface area contributed by atoms with Crippen molar-refractivity contribution < 1.29 is 0 Å². The van der Waals surface area contributed by atoms with Gasteiger partial charge in [0.2, 0.25) is 0 Å². The molecule has 106 valence electrons. The van der Waals surface area contributed by atoms with Gasteiger partial charge in [0.15, 0.2) is 0 Å². The summed E-state index contributed by atoms with van der Waals surface area (Å²) >= 11 is 0. The van der Waals surface area contributed by atoms with Crippen LogP contribution in [0.2, 0.25) is 0 Å². The Morgan fingerprint density at radius 3 is 3.10 bits per heavy atom. The van der Waals surface area contributed by atoms with Gasteiger partial charge in [-0.25, -0.2) is 9.97 Å². The molecule has 2 aromatic rings. The van der Waals surface area contributed by atoms with Crippen LogP contribution in [0.3, 0.4) is 0 Å². The lowest BCUT2D eigenvalue weighted by Crippen LogP contribution is -2.22. The Morgan fingerprint density at radius 2 is 2.30 bits per heavy atom. The number of likely N-dealkylation sites (tertiary alicyclic amines) is 1. The summed E-state index contributed by atoms with van der Waals surface area (Å²) in [5.41, 5.74) is 7.53. The van der Waals surface area contributed by atoms with Gasteiger partial charge in [0.05, 0.1) is 5.52 Å². The first kappa shape index (κ1) is 13.1. The maximum Gasteiger partial charge on any atom is 0.137 e. The average Bonchev–Trinajstić information content (AvgIpc) is 2.93. The molecule has 5 heteroatoms. The highest BCUT2D eigenvalue weighted by molar-refractivity contribution is 5.91. The monoisotopic (exact) mass is 271 g/mol. The SMILES string of the molecule is CCN1CCC(CNc2ncnc3ccc(N)cc23)C1. The maximum atomic E-state index is 5.86. The van der Waals surface area contributed by atoms with Crippen LogP contribution in [0.5, 0.6) is 0 Å². The third-order valence-corrected chi connectivity index (χ3v) is 4.03. The Kier molecular flexibility index (Phi) is 3.69. The van der Waals surface area contributed by atoms with Crippen LogP contribution in [0, 0.1) is 5.92 Å². The molecular weight excluding hydrogens is 250 g/mol. The first-order valence-electron chi connectivity index (χ1n) is 7.22. The van der Waals surface area contributed by atoms with Crippen molar-refractivity contribution in [1.82, 2.24) is 14.9 Å². The molecule has 3 rings (SSSR count). The summed E-state index contributed by atoms with van der Waals surface area (Å²) < 4.78 is 0. The van der Waals surface area contributed by atoms with Gasteiger partial charge in [0.25, 0.3) is 0 Å². The molecule has 1 fully saturated rings. The van der Waals surface area contributed by atoms with Gasteiger partial charge in [-0.05, 0) is 43.6 Å². The smallest absolute Gasteiger partial charge is 0.137 e. The maximum absolute atomic E-state index is 5.86. The van der Waals surface area contributed by atoms with Crippen LogP contribution >= 0.6 is 0 Å². The second-order valence-electron chi connectivity index (χ2n) is 5.43. The fourth-order valence-corrected chi connectivity index (χ4v) is 2.82. The predicted octanol–water partition coefficient (Wildman–Crippen LogP) is 1.97. The van der Waals surface area contributed by atoms with E-state index in [1.165, 1.54) is 19.5 Å². The van der Waals surface area contributed by atoms with Gasteiger partial charge in [-0.1, -0.05) is 6.92 Å². The molecule has 0 radical (unpaired) electrons. The second-order valence-corrected chi connectivity index (χ2v) is 5.43. The molecule has 1 aliphatic heterocycles. The molecule has 1 aliphatic rings. The van der Waals surface area contributed by atoms with Crippen LogP contribution in [-0.4, -0.2) is 41.0 Å². The van der Waals surface area contributed by atoms with Crippen LogP contribution in [0.1, 0.15) is 13.3 Å². The number of aromatic nitrogens is 2. The third kappa shape index (κ3) is 2.67. The molecule has 0 spiro atoms. The number of nitrogens with one attached hydrogen (secondary N) is 1. The van der Waals surface area contributed by atoms with Crippen molar-refractivity contribution >= 4 is 22.4 Å². The molecule has 1 aromatic heterocycles. The van der Waals surface area contributed by atoms with E-state index < -0.39 is 0 Å². The van der Waals surface area contributed by atoms with Gasteiger partial charge in [-0.3, -0.25) is 0 Å². The van der Waals surface area contributed by atoms with E-state index in [1.807, 2.05) is 18.2 Å². The quantitative estimate of drug-likeness (QED) is 0.832. The van der Waals surface area contributed by atoms with Crippen LogP contribution in [0.25, 0.3) is 10.9 Å². The van der Waals surface area contributed by atoms with Crippen molar-refractivity contribution in [2.45, 2.75) is 13.3 Å². The Hall–Kier alpha value is -1.88. The van der Waals surface area contributed by atoms with E-state index in [0.717, 1.165) is 35.5 Å². The Morgan fingerprint density at radius 1 is 1.40 bits per heavy atom. The average molecular weight is 271 g/mol. The molecule has 1 atom stereocenters. The van der Waals surface area contributed by atoms with Crippen LogP contribution in [0.15, 0.2) is 24.5 Å². The van der Waals surface area contributed by atoms with Gasteiger partial charge in [-0.2, -0.15) is 0 Å². The summed E-state index contributed by atoms with van der Waals surface area (Å²) in [5.74, 6) is 1.58. The van der Waals surface area contributed by atoms with Crippen molar-refractivity contribution in [1.29, 1.82) is 0 Å². The summed E-state index contributed by atoms with van der Waals surface area (Å²) in [6, 6.07) is 5.74. The molecule has 20 heavy (non-hydrogen) atoms. The Labute approximate surface area is 119 Å². The Bertz CT molecular complexity index is 598. The van der Waals surface area contributed by atoms with E-state index in [-0.39, 0.29) is 0 Å². The molecule has 1 unspecified atom stereocenters. The summed E-state index contributed by atoms with van der Waals surface area (Å²) in [6.07, 6.45) is 2.86. The lowest BCUT2D eigenvalue weighted by Gasteiger charge is -2.14. The lowest BCUT2D eigenvalue weighted by atomic mass is 10.1.